The zero-order valence-electron chi connectivity index (χ0n) is 16.0. The second-order valence-electron chi connectivity index (χ2n) is 8.20. The number of nitrogens with zero attached hydrogens (tertiary/aromatic N) is 2. The van der Waals surface area contributed by atoms with Crippen LogP contribution in [0.4, 0.5) is 5.95 Å². The lowest BCUT2D eigenvalue weighted by Gasteiger charge is -2.26. The van der Waals surface area contributed by atoms with Crippen LogP contribution in [0, 0.1) is 0 Å². The molecule has 2 saturated carbocycles. The molecule has 1 amide bonds. The van der Waals surface area contributed by atoms with E-state index in [2.05, 4.69) is 20.6 Å². The molecule has 4 N–H and O–H groups in total. The number of hydrogen-bond acceptors (Lipinski definition) is 6. The van der Waals surface area contributed by atoms with Crippen molar-refractivity contribution in [3.63, 3.8) is 0 Å². The number of benzene rings is 1. The number of aliphatic hydroxyl groups is 2. The summed E-state index contributed by atoms with van der Waals surface area (Å²) in [5, 5.41) is 27.2. The van der Waals surface area contributed by atoms with E-state index in [1.165, 1.54) is 0 Å². The Kier molecular flexibility index (Phi) is 5.46. The third-order valence-corrected chi connectivity index (χ3v) is 6.00. The first-order valence-corrected chi connectivity index (χ1v) is 10.2. The van der Waals surface area contributed by atoms with Gasteiger partial charge < -0.3 is 20.8 Å². The molecule has 1 heterocycles. The molecular weight excluding hydrogens is 356 g/mol. The molecule has 2 aromatic rings. The zero-order chi connectivity index (χ0) is 19.6. The summed E-state index contributed by atoms with van der Waals surface area (Å²) in [6.07, 6.45) is 8.30. The molecular formula is C21H28N4O3. The van der Waals surface area contributed by atoms with Gasteiger partial charge in [0.2, 0.25) is 5.95 Å². The van der Waals surface area contributed by atoms with Crippen molar-refractivity contribution < 1.29 is 15.0 Å². The van der Waals surface area contributed by atoms with E-state index in [-0.39, 0.29) is 24.6 Å². The zero-order valence-corrected chi connectivity index (χ0v) is 16.0. The first kappa shape index (κ1) is 19.1. The van der Waals surface area contributed by atoms with Gasteiger partial charge in [0.05, 0.1) is 22.8 Å². The molecule has 0 unspecified atom stereocenters. The molecule has 0 bridgehead atoms. The first-order valence-electron chi connectivity index (χ1n) is 10.2. The summed E-state index contributed by atoms with van der Waals surface area (Å²) in [5.41, 5.74) is 0.309. The van der Waals surface area contributed by atoms with Crippen LogP contribution in [0.15, 0.2) is 24.4 Å². The van der Waals surface area contributed by atoms with E-state index < -0.39 is 5.60 Å². The minimum Gasteiger partial charge on any atom is -0.393 e. The average molecular weight is 384 g/mol. The molecule has 150 valence electrons. The molecule has 0 spiro atoms. The van der Waals surface area contributed by atoms with Crippen LogP contribution < -0.4 is 10.6 Å². The Morgan fingerprint density at radius 2 is 1.93 bits per heavy atom. The van der Waals surface area contributed by atoms with Gasteiger partial charge in [0.25, 0.3) is 5.91 Å². The summed E-state index contributed by atoms with van der Waals surface area (Å²) >= 11 is 0. The number of anilines is 1. The van der Waals surface area contributed by atoms with Gasteiger partial charge in [0, 0.05) is 24.2 Å². The second kappa shape index (κ2) is 8.01. The second-order valence-corrected chi connectivity index (χ2v) is 8.20. The lowest BCUT2D eigenvalue weighted by Crippen LogP contribution is -2.40. The van der Waals surface area contributed by atoms with Crippen LogP contribution in [0.3, 0.4) is 0 Å². The summed E-state index contributed by atoms with van der Waals surface area (Å²) in [4.78, 5) is 21.7. The minimum absolute atomic E-state index is 0.208. The molecule has 1 aromatic heterocycles. The number of amides is 1. The Morgan fingerprint density at radius 1 is 1.18 bits per heavy atom. The smallest absolute Gasteiger partial charge is 0.253 e. The van der Waals surface area contributed by atoms with Gasteiger partial charge in [-0.3, -0.25) is 4.79 Å². The van der Waals surface area contributed by atoms with E-state index in [1.54, 1.807) is 12.3 Å². The normalized spacial score (nSPS) is 24.2. The number of hydrogen-bond donors (Lipinski definition) is 4. The molecule has 2 aliphatic carbocycles. The monoisotopic (exact) mass is 384 g/mol. The van der Waals surface area contributed by atoms with Crippen LogP contribution in [0.5, 0.6) is 0 Å². The SMILES string of the molecule is O=C(NCC1(O)CCCC1)c1cccc2cnc(NC3CCC(O)CC3)nc12. The maximum atomic E-state index is 12.8. The maximum Gasteiger partial charge on any atom is 0.253 e. The average Bonchev–Trinajstić information content (AvgIpc) is 3.14. The van der Waals surface area contributed by atoms with E-state index in [9.17, 15) is 15.0 Å². The Hall–Kier alpha value is -2.25. The summed E-state index contributed by atoms with van der Waals surface area (Å²) in [7, 11) is 0. The molecule has 4 rings (SSSR count). The van der Waals surface area contributed by atoms with Crippen molar-refractivity contribution in [2.45, 2.75) is 69.1 Å². The lowest BCUT2D eigenvalue weighted by atomic mass is 9.93. The third kappa shape index (κ3) is 4.25. The van der Waals surface area contributed by atoms with Crippen LogP contribution in [0.25, 0.3) is 10.9 Å². The number of rotatable bonds is 5. The largest absolute Gasteiger partial charge is 0.393 e. The van der Waals surface area contributed by atoms with Gasteiger partial charge in [-0.1, -0.05) is 25.0 Å². The number of fused-ring (bicyclic) bond motifs is 1. The van der Waals surface area contributed by atoms with Crippen LogP contribution in [0.1, 0.15) is 61.7 Å². The molecule has 2 aliphatic rings. The molecule has 0 radical (unpaired) electrons. The highest BCUT2D eigenvalue weighted by atomic mass is 16.3. The van der Waals surface area contributed by atoms with E-state index in [4.69, 9.17) is 0 Å². The van der Waals surface area contributed by atoms with E-state index in [0.717, 1.165) is 56.8 Å². The predicted molar refractivity (Wildman–Crippen MR) is 107 cm³/mol. The summed E-state index contributed by atoms with van der Waals surface area (Å²) in [5.74, 6) is 0.278. The number of carbonyl (C=O) groups excluding carboxylic acids is 1. The van der Waals surface area contributed by atoms with Crippen LogP contribution in [-0.4, -0.2) is 50.4 Å². The van der Waals surface area contributed by atoms with Gasteiger partial charge in [-0.2, -0.15) is 0 Å². The number of aromatic nitrogens is 2. The number of para-hydroxylation sites is 1. The Labute approximate surface area is 164 Å². The fraction of sp³-hybridized carbons (Fsp3) is 0.571. The van der Waals surface area contributed by atoms with E-state index in [1.807, 2.05) is 12.1 Å². The van der Waals surface area contributed by atoms with Gasteiger partial charge in [-0.25, -0.2) is 9.97 Å². The van der Waals surface area contributed by atoms with Crippen molar-refractivity contribution in [2.75, 3.05) is 11.9 Å². The lowest BCUT2D eigenvalue weighted by molar-refractivity contribution is 0.0450. The standard InChI is InChI=1S/C21H28N4O3/c26-16-8-6-15(7-9-16)24-20-22-12-14-4-3-5-17(18(14)25-20)19(27)23-13-21(28)10-1-2-11-21/h3-5,12,15-16,26,28H,1-2,6-11,13H2,(H,23,27)(H,22,24,25). The van der Waals surface area contributed by atoms with Gasteiger partial charge >= 0.3 is 0 Å². The minimum atomic E-state index is -0.784. The van der Waals surface area contributed by atoms with Crippen LogP contribution in [0.2, 0.25) is 0 Å². The summed E-state index contributed by atoms with van der Waals surface area (Å²) < 4.78 is 0. The number of aliphatic hydroxyl groups excluding tert-OH is 1. The van der Waals surface area contributed by atoms with Crippen molar-refractivity contribution in [3.8, 4) is 0 Å². The quantitative estimate of drug-likeness (QED) is 0.630. The van der Waals surface area contributed by atoms with Gasteiger partial charge in [0.15, 0.2) is 0 Å². The molecule has 28 heavy (non-hydrogen) atoms. The van der Waals surface area contributed by atoms with Crippen molar-refractivity contribution in [2.24, 2.45) is 0 Å². The molecule has 7 nitrogen and oxygen atoms in total. The van der Waals surface area contributed by atoms with Crippen molar-refractivity contribution >= 4 is 22.8 Å². The maximum absolute atomic E-state index is 12.8. The number of carbonyl (C=O) groups is 1. The highest BCUT2D eigenvalue weighted by molar-refractivity contribution is 6.05. The van der Waals surface area contributed by atoms with Crippen LogP contribution >= 0.6 is 0 Å². The van der Waals surface area contributed by atoms with Crippen molar-refractivity contribution in [1.29, 1.82) is 0 Å². The van der Waals surface area contributed by atoms with Gasteiger partial charge in [0.1, 0.15) is 0 Å². The molecule has 1 aromatic carbocycles. The molecule has 0 aliphatic heterocycles. The predicted octanol–water partition coefficient (Wildman–Crippen LogP) is 2.38. The van der Waals surface area contributed by atoms with Crippen molar-refractivity contribution in [3.05, 3.63) is 30.0 Å². The Balaban J connectivity index is 1.50. The highest BCUT2D eigenvalue weighted by Crippen LogP contribution is 2.29. The third-order valence-electron chi connectivity index (χ3n) is 6.00. The fourth-order valence-electron chi connectivity index (χ4n) is 4.26. The van der Waals surface area contributed by atoms with Gasteiger partial charge in [-0.15, -0.1) is 0 Å². The Morgan fingerprint density at radius 3 is 2.68 bits per heavy atom. The molecule has 7 heteroatoms. The number of nitrogens with one attached hydrogen (secondary N) is 2. The Bertz CT molecular complexity index is 843. The van der Waals surface area contributed by atoms with Crippen molar-refractivity contribution in [1.82, 2.24) is 15.3 Å². The topological polar surface area (TPSA) is 107 Å². The molecule has 2 fully saturated rings. The van der Waals surface area contributed by atoms with E-state index in [0.29, 0.717) is 17.0 Å². The van der Waals surface area contributed by atoms with E-state index >= 15 is 0 Å². The van der Waals surface area contributed by atoms with Gasteiger partial charge in [-0.05, 0) is 44.6 Å². The molecule has 0 saturated heterocycles. The highest BCUT2D eigenvalue weighted by Gasteiger charge is 2.31. The fourth-order valence-corrected chi connectivity index (χ4v) is 4.26. The first-order chi connectivity index (χ1) is 13.5. The van der Waals surface area contributed by atoms with Crippen LogP contribution in [-0.2, 0) is 0 Å². The molecule has 0 atom stereocenters. The summed E-state index contributed by atoms with van der Waals surface area (Å²) in [6, 6.07) is 5.69. The summed E-state index contributed by atoms with van der Waals surface area (Å²) in [6.45, 7) is 0.267.